The summed E-state index contributed by atoms with van der Waals surface area (Å²) in [5, 5.41) is 2.54. The fraction of sp³-hybridized carbons (Fsp3) is 0.208. The van der Waals surface area contributed by atoms with Crippen molar-refractivity contribution < 1.29 is 26.0 Å². The molecule has 3 aromatic carbocycles. The summed E-state index contributed by atoms with van der Waals surface area (Å²) in [5.41, 5.74) is 2.93. The van der Waals surface area contributed by atoms with Gasteiger partial charge in [-0.1, -0.05) is 35.9 Å². The molecule has 0 aliphatic heterocycles. The van der Waals surface area contributed by atoms with Crippen LogP contribution < -0.4 is 14.8 Å². The maximum absolute atomic E-state index is 13.9. The Hall–Kier alpha value is -3.28. The van der Waals surface area contributed by atoms with Gasteiger partial charge in [-0.05, 0) is 69.2 Å². The van der Waals surface area contributed by atoms with Gasteiger partial charge in [-0.15, -0.1) is 0 Å². The van der Waals surface area contributed by atoms with Crippen molar-refractivity contribution in [2.24, 2.45) is 0 Å². The molecule has 0 aliphatic carbocycles. The maximum Gasteiger partial charge on any atom is 0.261 e. The molecule has 0 radical (unpaired) electrons. The molecule has 3 rings (SSSR count). The molecule has 1 unspecified atom stereocenters. The quantitative estimate of drug-likeness (QED) is 0.417. The second kappa shape index (κ2) is 10.1. The van der Waals surface area contributed by atoms with Crippen LogP contribution in [0.15, 0.2) is 70.5 Å². The van der Waals surface area contributed by atoms with Crippen molar-refractivity contribution in [1.82, 2.24) is 4.72 Å². The SMILES string of the molecule is Cc1ccc(NS(=O)(=O)c2ccc(C)c(NC(=O)C(C)NS(=O)(=O)c3ccccc3F)c2)c(C)c1. The molecule has 0 bridgehead atoms. The van der Waals surface area contributed by atoms with Gasteiger partial charge < -0.3 is 5.32 Å². The minimum absolute atomic E-state index is 0.0852. The zero-order valence-corrected chi connectivity index (χ0v) is 21.2. The van der Waals surface area contributed by atoms with Crippen LogP contribution in [0.5, 0.6) is 0 Å². The van der Waals surface area contributed by atoms with Gasteiger partial charge in [-0.3, -0.25) is 9.52 Å². The zero-order valence-electron chi connectivity index (χ0n) is 19.6. The number of aryl methyl sites for hydroxylation is 3. The molecule has 3 aromatic rings. The fourth-order valence-corrected chi connectivity index (χ4v) is 5.73. The Bertz CT molecular complexity index is 1490. The predicted octanol–water partition coefficient (Wildman–Crippen LogP) is 3.86. The van der Waals surface area contributed by atoms with E-state index in [-0.39, 0.29) is 10.6 Å². The summed E-state index contributed by atoms with van der Waals surface area (Å²) in [7, 11) is -8.27. The average Bonchev–Trinajstić information content (AvgIpc) is 2.77. The van der Waals surface area contributed by atoms with Crippen LogP contribution in [0.3, 0.4) is 0 Å². The Morgan fingerprint density at radius 1 is 0.829 bits per heavy atom. The van der Waals surface area contributed by atoms with Gasteiger partial charge in [0.05, 0.1) is 16.6 Å². The summed E-state index contributed by atoms with van der Waals surface area (Å²) in [6.07, 6.45) is 0. The number of hydrogen-bond donors (Lipinski definition) is 3. The molecule has 0 aliphatic rings. The third-order valence-corrected chi connectivity index (χ3v) is 8.19. The lowest BCUT2D eigenvalue weighted by atomic mass is 10.1. The van der Waals surface area contributed by atoms with Crippen LogP contribution in [-0.2, 0) is 24.8 Å². The highest BCUT2D eigenvalue weighted by Gasteiger charge is 2.25. The van der Waals surface area contributed by atoms with Crippen LogP contribution in [0, 0.1) is 26.6 Å². The highest BCUT2D eigenvalue weighted by atomic mass is 32.2. The van der Waals surface area contributed by atoms with E-state index in [2.05, 4.69) is 14.8 Å². The Balaban J connectivity index is 1.79. The van der Waals surface area contributed by atoms with E-state index in [0.29, 0.717) is 11.3 Å². The Morgan fingerprint density at radius 3 is 2.17 bits per heavy atom. The molecule has 35 heavy (non-hydrogen) atoms. The number of hydrogen-bond acceptors (Lipinski definition) is 5. The van der Waals surface area contributed by atoms with Crippen molar-refractivity contribution in [1.29, 1.82) is 0 Å². The van der Waals surface area contributed by atoms with E-state index in [1.807, 2.05) is 13.0 Å². The number of nitrogens with one attached hydrogen (secondary N) is 3. The number of anilines is 2. The van der Waals surface area contributed by atoms with Crippen molar-refractivity contribution in [2.75, 3.05) is 10.0 Å². The monoisotopic (exact) mass is 519 g/mol. The predicted molar refractivity (Wildman–Crippen MR) is 133 cm³/mol. The number of carbonyl (C=O) groups excluding carboxylic acids is 1. The number of benzene rings is 3. The van der Waals surface area contributed by atoms with Gasteiger partial charge in [0.25, 0.3) is 10.0 Å². The van der Waals surface area contributed by atoms with Crippen molar-refractivity contribution in [3.05, 3.63) is 83.2 Å². The van der Waals surface area contributed by atoms with E-state index >= 15 is 0 Å². The standard InChI is InChI=1S/C24H26FN3O5S2/c1-15-9-12-21(17(3)13-15)28-34(30,31)19-11-10-16(2)22(14-19)26-24(29)18(4)27-35(32,33)23-8-6-5-7-20(23)25/h5-14,18,27-28H,1-4H3,(H,26,29). The van der Waals surface area contributed by atoms with Crippen LogP contribution in [0.4, 0.5) is 15.8 Å². The zero-order chi connectivity index (χ0) is 26.0. The van der Waals surface area contributed by atoms with E-state index < -0.39 is 42.7 Å². The van der Waals surface area contributed by atoms with Crippen molar-refractivity contribution >= 4 is 37.3 Å². The Morgan fingerprint density at radius 2 is 1.51 bits per heavy atom. The normalized spacial score (nSPS) is 12.7. The van der Waals surface area contributed by atoms with Crippen LogP contribution in [0.1, 0.15) is 23.6 Å². The van der Waals surface area contributed by atoms with E-state index in [0.717, 1.165) is 23.3 Å². The number of rotatable bonds is 8. The molecule has 1 atom stereocenters. The average molecular weight is 520 g/mol. The lowest BCUT2D eigenvalue weighted by molar-refractivity contribution is -0.117. The van der Waals surface area contributed by atoms with Gasteiger partial charge in [-0.25, -0.2) is 21.2 Å². The fourth-order valence-electron chi connectivity index (χ4n) is 3.29. The molecule has 1 amide bonds. The summed E-state index contributed by atoms with van der Waals surface area (Å²) in [6, 6.07) is 13.1. The number of carbonyl (C=O) groups is 1. The highest BCUT2D eigenvalue weighted by Crippen LogP contribution is 2.25. The molecule has 3 N–H and O–H groups in total. The van der Waals surface area contributed by atoms with Gasteiger partial charge >= 0.3 is 0 Å². The first kappa shape index (κ1) is 26.3. The summed E-state index contributed by atoms with van der Waals surface area (Å²) in [4.78, 5) is 12.0. The molecular formula is C24H26FN3O5S2. The largest absolute Gasteiger partial charge is 0.324 e. The molecule has 0 saturated carbocycles. The molecule has 0 spiro atoms. The van der Waals surface area contributed by atoms with Crippen molar-refractivity contribution in [3.63, 3.8) is 0 Å². The lowest BCUT2D eigenvalue weighted by Crippen LogP contribution is -2.41. The van der Waals surface area contributed by atoms with Crippen LogP contribution in [0.25, 0.3) is 0 Å². The van der Waals surface area contributed by atoms with E-state index in [1.54, 1.807) is 26.0 Å². The van der Waals surface area contributed by atoms with Crippen LogP contribution in [-0.4, -0.2) is 28.8 Å². The third kappa shape index (κ3) is 6.24. The lowest BCUT2D eigenvalue weighted by Gasteiger charge is -2.17. The van der Waals surface area contributed by atoms with Gasteiger partial charge in [0, 0.05) is 5.69 Å². The van der Waals surface area contributed by atoms with Crippen LogP contribution >= 0.6 is 0 Å². The summed E-state index contributed by atoms with van der Waals surface area (Å²) < 4.78 is 69.4. The molecule has 8 nitrogen and oxygen atoms in total. The highest BCUT2D eigenvalue weighted by molar-refractivity contribution is 7.92. The first-order valence-electron chi connectivity index (χ1n) is 10.6. The molecular weight excluding hydrogens is 493 g/mol. The maximum atomic E-state index is 13.9. The first-order valence-corrected chi connectivity index (χ1v) is 13.6. The summed E-state index contributed by atoms with van der Waals surface area (Å²) >= 11 is 0. The molecule has 0 aromatic heterocycles. The smallest absolute Gasteiger partial charge is 0.261 e. The van der Waals surface area contributed by atoms with Gasteiger partial charge in [0.15, 0.2) is 0 Å². The van der Waals surface area contributed by atoms with Crippen molar-refractivity contribution in [3.8, 4) is 0 Å². The van der Waals surface area contributed by atoms with Crippen LogP contribution in [0.2, 0.25) is 0 Å². The van der Waals surface area contributed by atoms with E-state index in [1.165, 1.54) is 37.3 Å². The Labute approximate surface area is 204 Å². The number of halogens is 1. The van der Waals surface area contributed by atoms with Crippen molar-refractivity contribution in [2.45, 2.75) is 43.5 Å². The molecule has 0 heterocycles. The second-order valence-corrected chi connectivity index (χ2v) is 11.5. The van der Waals surface area contributed by atoms with E-state index in [4.69, 9.17) is 0 Å². The van der Waals surface area contributed by atoms with E-state index in [9.17, 15) is 26.0 Å². The third-order valence-electron chi connectivity index (χ3n) is 5.25. The molecule has 11 heteroatoms. The summed E-state index contributed by atoms with van der Waals surface area (Å²) in [5.74, 6) is -1.69. The number of sulfonamides is 2. The molecule has 186 valence electrons. The minimum Gasteiger partial charge on any atom is -0.324 e. The molecule has 0 fully saturated rings. The number of amides is 1. The summed E-state index contributed by atoms with van der Waals surface area (Å²) in [6.45, 7) is 6.65. The molecule has 0 saturated heterocycles. The first-order chi connectivity index (χ1) is 16.3. The minimum atomic E-state index is -4.30. The Kier molecular flexibility index (Phi) is 7.63. The van der Waals surface area contributed by atoms with Gasteiger partial charge in [-0.2, -0.15) is 4.72 Å². The second-order valence-electron chi connectivity index (χ2n) is 8.16. The van der Waals surface area contributed by atoms with Gasteiger partial charge in [0.1, 0.15) is 10.7 Å². The van der Waals surface area contributed by atoms with Gasteiger partial charge in [0.2, 0.25) is 15.9 Å². The topological polar surface area (TPSA) is 121 Å².